The van der Waals surface area contributed by atoms with E-state index in [4.69, 9.17) is 16.0 Å². The fourth-order valence-electron chi connectivity index (χ4n) is 4.06. The highest BCUT2D eigenvalue weighted by atomic mass is 35.5. The predicted octanol–water partition coefficient (Wildman–Crippen LogP) is 5.58. The van der Waals surface area contributed by atoms with E-state index >= 15 is 0 Å². The molecule has 32 heavy (non-hydrogen) atoms. The van der Waals surface area contributed by atoms with Crippen molar-refractivity contribution >= 4 is 34.8 Å². The third-order valence-electron chi connectivity index (χ3n) is 5.42. The minimum Gasteiger partial charge on any atom is -0.455 e. The Hall–Kier alpha value is -3.38. The van der Waals surface area contributed by atoms with E-state index in [1.807, 2.05) is 39.0 Å². The molecule has 0 fully saturated rings. The van der Waals surface area contributed by atoms with Crippen LogP contribution in [0.25, 0.3) is 0 Å². The van der Waals surface area contributed by atoms with Gasteiger partial charge in [-0.25, -0.2) is 5.43 Å². The summed E-state index contributed by atoms with van der Waals surface area (Å²) in [6.07, 6.45) is 2.21. The molecule has 0 bridgehead atoms. The summed E-state index contributed by atoms with van der Waals surface area (Å²) in [5.41, 5.74) is 8.01. The van der Waals surface area contributed by atoms with Gasteiger partial charge in [-0.05, 0) is 69.0 Å². The monoisotopic (exact) mass is 449 g/mol. The first-order valence-corrected chi connectivity index (χ1v) is 10.8. The third-order valence-corrected chi connectivity index (χ3v) is 5.75. The number of nitrogens with zero attached hydrogens (tertiary/aromatic N) is 1. The number of halogens is 1. The van der Waals surface area contributed by atoms with Crippen molar-refractivity contribution in [2.75, 3.05) is 5.32 Å². The van der Waals surface area contributed by atoms with Crippen molar-refractivity contribution in [3.05, 3.63) is 86.8 Å². The molecule has 0 spiro atoms. The van der Waals surface area contributed by atoms with Crippen LogP contribution in [0.2, 0.25) is 5.02 Å². The van der Waals surface area contributed by atoms with Gasteiger partial charge in [-0.15, -0.1) is 0 Å². The van der Waals surface area contributed by atoms with Gasteiger partial charge >= 0.3 is 0 Å². The number of carbonyl (C=O) groups excluding carboxylic acids is 2. The van der Waals surface area contributed by atoms with E-state index < -0.39 is 0 Å². The lowest BCUT2D eigenvalue weighted by atomic mass is 9.93. The average Bonchev–Trinajstić information content (AvgIpc) is 3.09. The Morgan fingerprint density at radius 3 is 2.44 bits per heavy atom. The zero-order valence-electron chi connectivity index (χ0n) is 18.2. The first-order valence-electron chi connectivity index (χ1n) is 10.5. The number of hydrazone groups is 1. The number of furan rings is 1. The van der Waals surface area contributed by atoms with Crippen molar-refractivity contribution in [2.45, 2.75) is 40.0 Å². The standard InChI is InChI=1S/C25H24ClN3O3/c1-14-11-15(2)13-17(12-14)27-25(31)23-16(3)22-20(9-6-10-21(22)32-23)28-29-24(30)18-7-4-5-8-19(18)26/h4-5,7-8,11-13H,6,9-10H2,1-3H3,(H,27,31)(H,29,30)/b28-20+. The molecule has 164 valence electrons. The average molecular weight is 450 g/mol. The van der Waals surface area contributed by atoms with Crippen LogP contribution in [0.3, 0.4) is 0 Å². The summed E-state index contributed by atoms with van der Waals surface area (Å²) in [6.45, 7) is 5.81. The summed E-state index contributed by atoms with van der Waals surface area (Å²) in [7, 11) is 0. The Morgan fingerprint density at radius 1 is 1.00 bits per heavy atom. The number of hydrogen-bond donors (Lipinski definition) is 2. The fourth-order valence-corrected chi connectivity index (χ4v) is 4.28. The second-order valence-corrected chi connectivity index (χ2v) is 8.42. The van der Waals surface area contributed by atoms with Crippen LogP contribution in [0.5, 0.6) is 0 Å². The number of anilines is 1. The summed E-state index contributed by atoms with van der Waals surface area (Å²) in [4.78, 5) is 25.4. The van der Waals surface area contributed by atoms with Crippen molar-refractivity contribution in [1.29, 1.82) is 0 Å². The minimum atomic E-state index is -0.385. The predicted molar refractivity (Wildman–Crippen MR) is 126 cm³/mol. The van der Waals surface area contributed by atoms with Gasteiger partial charge in [0.25, 0.3) is 11.8 Å². The molecule has 3 aromatic rings. The second kappa shape index (κ2) is 9.01. The van der Waals surface area contributed by atoms with Crippen LogP contribution in [0.1, 0.15) is 61.8 Å². The molecule has 0 atom stereocenters. The molecule has 0 aliphatic heterocycles. The Balaban J connectivity index is 1.58. The molecule has 1 aliphatic rings. The van der Waals surface area contributed by atoms with Crippen molar-refractivity contribution in [1.82, 2.24) is 5.43 Å². The Kier molecular flexibility index (Phi) is 6.15. The van der Waals surface area contributed by atoms with Gasteiger partial charge in [0.1, 0.15) is 5.76 Å². The Labute approximate surface area is 191 Å². The summed E-state index contributed by atoms with van der Waals surface area (Å²) < 4.78 is 5.95. The van der Waals surface area contributed by atoms with Gasteiger partial charge in [-0.1, -0.05) is 29.8 Å². The van der Waals surface area contributed by atoms with Gasteiger partial charge in [0.15, 0.2) is 5.76 Å². The molecule has 1 aliphatic carbocycles. The number of amides is 2. The molecule has 0 saturated carbocycles. The number of aryl methyl sites for hydroxylation is 3. The van der Waals surface area contributed by atoms with E-state index in [0.717, 1.165) is 28.8 Å². The van der Waals surface area contributed by atoms with Crippen LogP contribution in [0.4, 0.5) is 5.69 Å². The number of nitrogens with one attached hydrogen (secondary N) is 2. The maximum atomic E-state index is 12.9. The van der Waals surface area contributed by atoms with E-state index in [2.05, 4.69) is 15.8 Å². The molecular formula is C25H24ClN3O3. The van der Waals surface area contributed by atoms with Crippen LogP contribution >= 0.6 is 11.6 Å². The number of carbonyl (C=O) groups is 2. The molecule has 1 aromatic heterocycles. The van der Waals surface area contributed by atoms with Gasteiger partial charge < -0.3 is 9.73 Å². The van der Waals surface area contributed by atoms with Gasteiger partial charge in [0.05, 0.1) is 16.3 Å². The van der Waals surface area contributed by atoms with E-state index in [-0.39, 0.29) is 17.6 Å². The molecule has 1 heterocycles. The third kappa shape index (κ3) is 4.46. The number of benzene rings is 2. The fraction of sp³-hybridized carbons (Fsp3) is 0.240. The molecule has 0 radical (unpaired) electrons. The van der Waals surface area contributed by atoms with Crippen molar-refractivity contribution in [3.63, 3.8) is 0 Å². The molecule has 2 aromatic carbocycles. The highest BCUT2D eigenvalue weighted by Gasteiger charge is 2.28. The lowest BCUT2D eigenvalue weighted by molar-refractivity contribution is 0.0953. The largest absolute Gasteiger partial charge is 0.455 e. The maximum absolute atomic E-state index is 12.9. The quantitative estimate of drug-likeness (QED) is 0.510. The molecular weight excluding hydrogens is 426 g/mol. The highest BCUT2D eigenvalue weighted by molar-refractivity contribution is 6.33. The van der Waals surface area contributed by atoms with E-state index in [0.29, 0.717) is 40.5 Å². The molecule has 0 saturated heterocycles. The van der Waals surface area contributed by atoms with Gasteiger partial charge in [0.2, 0.25) is 0 Å². The minimum absolute atomic E-state index is 0.265. The highest BCUT2D eigenvalue weighted by Crippen LogP contribution is 2.30. The molecule has 4 rings (SSSR count). The lowest BCUT2D eigenvalue weighted by Gasteiger charge is -2.13. The van der Waals surface area contributed by atoms with E-state index in [1.165, 1.54) is 0 Å². The van der Waals surface area contributed by atoms with Crippen LogP contribution in [-0.4, -0.2) is 17.5 Å². The SMILES string of the molecule is Cc1cc(C)cc(NC(=O)c2oc3c(c2C)/C(=N/NC(=O)c2ccccc2Cl)CCC3)c1. The van der Waals surface area contributed by atoms with Crippen molar-refractivity contribution < 1.29 is 14.0 Å². The summed E-state index contributed by atoms with van der Waals surface area (Å²) in [5, 5.41) is 7.64. The second-order valence-electron chi connectivity index (χ2n) is 8.02. The first kappa shape index (κ1) is 21.8. The van der Waals surface area contributed by atoms with Crippen LogP contribution < -0.4 is 10.7 Å². The summed E-state index contributed by atoms with van der Waals surface area (Å²) >= 11 is 6.10. The summed E-state index contributed by atoms with van der Waals surface area (Å²) in [5.74, 6) is 0.289. The zero-order chi connectivity index (χ0) is 22.8. The number of rotatable bonds is 4. The molecule has 7 heteroatoms. The molecule has 2 N–H and O–H groups in total. The molecule has 0 unspecified atom stereocenters. The van der Waals surface area contributed by atoms with Crippen LogP contribution in [-0.2, 0) is 6.42 Å². The Morgan fingerprint density at radius 2 is 1.72 bits per heavy atom. The van der Waals surface area contributed by atoms with E-state index in [9.17, 15) is 9.59 Å². The van der Waals surface area contributed by atoms with Gasteiger partial charge in [-0.3, -0.25) is 9.59 Å². The first-order chi connectivity index (χ1) is 15.3. The smallest absolute Gasteiger partial charge is 0.291 e. The van der Waals surface area contributed by atoms with Crippen LogP contribution in [0.15, 0.2) is 52.0 Å². The van der Waals surface area contributed by atoms with Crippen molar-refractivity contribution in [2.24, 2.45) is 5.10 Å². The topological polar surface area (TPSA) is 83.7 Å². The molecule has 2 amide bonds. The van der Waals surface area contributed by atoms with E-state index in [1.54, 1.807) is 24.3 Å². The van der Waals surface area contributed by atoms with Crippen LogP contribution in [0, 0.1) is 20.8 Å². The normalized spacial score (nSPS) is 14.2. The lowest BCUT2D eigenvalue weighted by Crippen LogP contribution is -2.22. The maximum Gasteiger partial charge on any atom is 0.291 e. The molecule has 6 nitrogen and oxygen atoms in total. The van der Waals surface area contributed by atoms with Gasteiger partial charge in [-0.2, -0.15) is 5.10 Å². The zero-order valence-corrected chi connectivity index (χ0v) is 19.0. The number of fused-ring (bicyclic) bond motifs is 1. The Bertz CT molecular complexity index is 1220. The van der Waals surface area contributed by atoms with Gasteiger partial charge in [0, 0.05) is 23.2 Å². The van der Waals surface area contributed by atoms with Crippen molar-refractivity contribution in [3.8, 4) is 0 Å². The summed E-state index contributed by atoms with van der Waals surface area (Å²) in [6, 6.07) is 12.7. The number of hydrogen-bond acceptors (Lipinski definition) is 4.